The smallest absolute Gasteiger partial charge is 0.434 e. The number of nitrogens with two attached hydrogens (primary N) is 1. The summed E-state index contributed by atoms with van der Waals surface area (Å²) in [6.07, 6.45) is 4.03. The average Bonchev–Trinajstić information content (AvgIpc) is 3.08. The Morgan fingerprint density at radius 2 is 1.84 bits per heavy atom. The maximum absolute atomic E-state index is 13.1. The molecule has 0 saturated carbocycles. The highest BCUT2D eigenvalue weighted by Crippen LogP contribution is 2.42. The molecule has 9 nitrogen and oxygen atoms in total. The van der Waals surface area contributed by atoms with Gasteiger partial charge in [-0.2, -0.15) is 0 Å². The first-order valence-corrected chi connectivity index (χ1v) is 12.5. The molecule has 0 spiro atoms. The van der Waals surface area contributed by atoms with E-state index >= 15 is 0 Å². The monoisotopic (exact) mass is 467 g/mol. The lowest BCUT2D eigenvalue weighted by molar-refractivity contribution is -0.151. The molecule has 0 aliphatic rings. The largest absolute Gasteiger partial charge is 0.480 e. The van der Waals surface area contributed by atoms with Crippen molar-refractivity contribution < 1.29 is 29.0 Å². The summed E-state index contributed by atoms with van der Waals surface area (Å²) >= 11 is 0. The van der Waals surface area contributed by atoms with E-state index in [-0.39, 0.29) is 18.9 Å². The predicted molar refractivity (Wildman–Crippen MR) is 123 cm³/mol. The molecule has 1 amide bonds. The number of aliphatic carboxylic acids is 1. The van der Waals surface area contributed by atoms with Gasteiger partial charge < -0.3 is 25.5 Å². The molecule has 1 aromatic carbocycles. The molecule has 0 unspecified atom stereocenters. The first kappa shape index (κ1) is 26.1. The van der Waals surface area contributed by atoms with Crippen molar-refractivity contribution in [2.45, 2.75) is 65.0 Å². The molecule has 10 heteroatoms. The third-order valence-corrected chi connectivity index (χ3v) is 6.35. The van der Waals surface area contributed by atoms with Crippen LogP contribution in [0.5, 0.6) is 0 Å². The fourth-order valence-corrected chi connectivity index (χ4v) is 4.67. The van der Waals surface area contributed by atoms with E-state index in [0.29, 0.717) is 29.3 Å². The zero-order chi connectivity index (χ0) is 24.1. The highest BCUT2D eigenvalue weighted by molar-refractivity contribution is 7.50. The zero-order valence-electron chi connectivity index (χ0n) is 18.8. The first-order chi connectivity index (χ1) is 15.0. The van der Waals surface area contributed by atoms with Crippen LogP contribution in [0, 0.1) is 5.92 Å². The van der Waals surface area contributed by atoms with Crippen molar-refractivity contribution in [3.8, 4) is 0 Å². The second-order valence-electron chi connectivity index (χ2n) is 8.56. The molecular weight excluding hydrogens is 433 g/mol. The van der Waals surface area contributed by atoms with Gasteiger partial charge in [-0.1, -0.05) is 51.8 Å². The minimum Gasteiger partial charge on any atom is -0.480 e. The van der Waals surface area contributed by atoms with Crippen LogP contribution in [-0.4, -0.2) is 54.6 Å². The van der Waals surface area contributed by atoms with Gasteiger partial charge in [-0.15, -0.1) is 0 Å². The predicted octanol–water partition coefficient (Wildman–Crippen LogP) is 2.97. The van der Waals surface area contributed by atoms with Gasteiger partial charge in [0, 0.05) is 24.5 Å². The summed E-state index contributed by atoms with van der Waals surface area (Å²) in [5, 5.41) is 10.6. The Bertz CT molecular complexity index is 983. The SMILES string of the molecule is CCCCCN(C(=O)[C@@H](N)CC(C)C)[C@@H](Cc1cn(P(=O)(O)O)c2ccccc12)C(=O)O. The number of unbranched alkanes of at least 4 members (excludes halogenated alkanes) is 2. The summed E-state index contributed by atoms with van der Waals surface area (Å²) in [6, 6.07) is 4.61. The fourth-order valence-electron chi connectivity index (χ4n) is 3.92. The number of rotatable bonds is 12. The summed E-state index contributed by atoms with van der Waals surface area (Å²) in [6.45, 7) is 6.16. The molecule has 0 fully saturated rings. The Morgan fingerprint density at radius 1 is 1.19 bits per heavy atom. The molecular formula is C22H34N3O6P. The molecule has 2 aromatic rings. The second-order valence-corrected chi connectivity index (χ2v) is 10.0. The summed E-state index contributed by atoms with van der Waals surface area (Å²) in [5.41, 5.74) is 6.87. The number of amides is 1. The maximum Gasteiger partial charge on any atom is 0.434 e. The molecule has 2 rings (SSSR count). The molecule has 2 atom stereocenters. The number of nitrogens with zero attached hydrogens (tertiary/aromatic N) is 2. The number of aromatic nitrogens is 1. The molecule has 0 radical (unpaired) electrons. The van der Waals surface area contributed by atoms with Crippen LogP contribution >= 0.6 is 7.75 Å². The Morgan fingerprint density at radius 3 is 2.41 bits per heavy atom. The highest BCUT2D eigenvalue weighted by atomic mass is 31.2. The first-order valence-electron chi connectivity index (χ1n) is 10.9. The van der Waals surface area contributed by atoms with Crippen molar-refractivity contribution in [2.75, 3.05) is 6.54 Å². The van der Waals surface area contributed by atoms with Crippen LogP contribution in [0.15, 0.2) is 30.5 Å². The van der Waals surface area contributed by atoms with Crippen LogP contribution in [0.4, 0.5) is 0 Å². The molecule has 5 N–H and O–H groups in total. The molecule has 1 aromatic heterocycles. The number of hydrogen-bond acceptors (Lipinski definition) is 4. The van der Waals surface area contributed by atoms with E-state index in [2.05, 4.69) is 0 Å². The van der Waals surface area contributed by atoms with Crippen molar-refractivity contribution >= 4 is 30.5 Å². The van der Waals surface area contributed by atoms with E-state index < -0.39 is 31.7 Å². The lowest BCUT2D eigenvalue weighted by Gasteiger charge is -2.31. The Balaban J connectivity index is 2.46. The van der Waals surface area contributed by atoms with Gasteiger partial charge in [0.15, 0.2) is 0 Å². The number of carboxylic acid groups (broad SMARTS) is 1. The lowest BCUT2D eigenvalue weighted by atomic mass is 9.99. The molecule has 0 saturated heterocycles. The minimum atomic E-state index is -4.64. The number of hydrogen-bond donors (Lipinski definition) is 4. The Hall–Kier alpha value is -2.19. The molecule has 0 aliphatic carbocycles. The molecule has 1 heterocycles. The molecule has 32 heavy (non-hydrogen) atoms. The summed E-state index contributed by atoms with van der Waals surface area (Å²) in [7, 11) is -4.64. The molecule has 0 bridgehead atoms. The number of fused-ring (bicyclic) bond motifs is 1. The van der Waals surface area contributed by atoms with Crippen LogP contribution < -0.4 is 5.73 Å². The molecule has 178 valence electrons. The molecule has 0 aliphatic heterocycles. The van der Waals surface area contributed by atoms with Crippen LogP contribution in [0.2, 0.25) is 0 Å². The van der Waals surface area contributed by atoms with E-state index in [1.807, 2.05) is 20.8 Å². The summed E-state index contributed by atoms with van der Waals surface area (Å²) < 4.78 is 12.8. The Labute approximate surface area is 188 Å². The fraction of sp³-hybridized carbons (Fsp3) is 0.545. The van der Waals surface area contributed by atoms with Gasteiger partial charge in [-0.3, -0.25) is 9.13 Å². The third kappa shape index (κ3) is 6.42. The number of carboxylic acids is 1. The van der Waals surface area contributed by atoms with Gasteiger partial charge in [-0.05, 0) is 30.4 Å². The van der Waals surface area contributed by atoms with E-state index in [4.69, 9.17) is 5.73 Å². The van der Waals surface area contributed by atoms with Gasteiger partial charge in [0.25, 0.3) is 0 Å². The van der Waals surface area contributed by atoms with E-state index in [9.17, 15) is 29.0 Å². The van der Waals surface area contributed by atoms with E-state index in [0.717, 1.165) is 17.2 Å². The van der Waals surface area contributed by atoms with Crippen LogP contribution in [0.25, 0.3) is 10.9 Å². The van der Waals surface area contributed by atoms with Gasteiger partial charge in [-0.25, -0.2) is 9.36 Å². The second kappa shape index (κ2) is 11.1. The van der Waals surface area contributed by atoms with Crippen molar-refractivity contribution in [2.24, 2.45) is 11.7 Å². The average molecular weight is 468 g/mol. The van der Waals surface area contributed by atoms with Gasteiger partial charge in [0.05, 0.1) is 11.6 Å². The minimum absolute atomic E-state index is 0.0882. The van der Waals surface area contributed by atoms with Crippen molar-refractivity contribution in [3.63, 3.8) is 0 Å². The van der Waals surface area contributed by atoms with Gasteiger partial charge >= 0.3 is 13.7 Å². The third-order valence-electron chi connectivity index (χ3n) is 5.46. The maximum atomic E-state index is 13.1. The number of benzene rings is 1. The topological polar surface area (TPSA) is 146 Å². The lowest BCUT2D eigenvalue weighted by Crippen LogP contribution is -2.53. The van der Waals surface area contributed by atoms with Crippen molar-refractivity contribution in [1.82, 2.24) is 9.24 Å². The highest BCUT2D eigenvalue weighted by Gasteiger charge is 2.34. The number of carbonyl (C=O) groups excluding carboxylic acids is 1. The normalized spacial score (nSPS) is 14.0. The van der Waals surface area contributed by atoms with Gasteiger partial charge in [0.1, 0.15) is 6.04 Å². The van der Waals surface area contributed by atoms with Crippen molar-refractivity contribution in [1.29, 1.82) is 0 Å². The summed E-state index contributed by atoms with van der Waals surface area (Å²) in [5.74, 6) is -1.42. The van der Waals surface area contributed by atoms with Gasteiger partial charge in [0.2, 0.25) is 5.91 Å². The van der Waals surface area contributed by atoms with E-state index in [1.165, 1.54) is 11.1 Å². The Kier molecular flexibility index (Phi) is 9.04. The zero-order valence-corrected chi connectivity index (χ0v) is 19.7. The number of carbonyl (C=O) groups is 2. The number of para-hydroxylation sites is 1. The standard InChI is InChI=1S/C22H34N3O6P/c1-4-5-8-11-24(21(26)18(23)12-15(2)3)20(22(27)28)13-16-14-25(32(29,30)31)19-10-7-6-9-17(16)19/h6-7,9-10,14-15,18,20H,4-5,8,11-13,23H2,1-3H3,(H,27,28)(H2,29,30,31)/t18-,20-/m0/s1. The van der Waals surface area contributed by atoms with Crippen LogP contribution in [0.3, 0.4) is 0 Å². The van der Waals surface area contributed by atoms with Crippen molar-refractivity contribution in [3.05, 3.63) is 36.0 Å². The van der Waals surface area contributed by atoms with E-state index in [1.54, 1.807) is 24.3 Å². The quantitative estimate of drug-likeness (QED) is 0.277. The van der Waals surface area contributed by atoms with Crippen LogP contribution in [0.1, 0.15) is 52.0 Å². The van der Waals surface area contributed by atoms with Crippen LogP contribution in [-0.2, 0) is 20.6 Å². The summed E-state index contributed by atoms with van der Waals surface area (Å²) in [4.78, 5) is 46.2.